The minimum Gasteiger partial charge on any atom is -0.481 e. The van der Waals surface area contributed by atoms with Crippen LogP contribution in [0.15, 0.2) is 18.2 Å². The van der Waals surface area contributed by atoms with Gasteiger partial charge in [0.25, 0.3) is 5.91 Å². The highest BCUT2D eigenvalue weighted by molar-refractivity contribution is 6.34. The van der Waals surface area contributed by atoms with Gasteiger partial charge in [-0.25, -0.2) is 0 Å². The Morgan fingerprint density at radius 3 is 2.44 bits per heavy atom. The number of benzene rings is 1. The number of ether oxygens (including phenoxy) is 2. The number of carbonyl (C=O) groups is 1. The molecule has 142 valence electrons. The molecule has 0 bridgehead atoms. The largest absolute Gasteiger partial charge is 0.481 e. The number of nitrogens with two attached hydrogens (primary N) is 1. The number of halogens is 3. The van der Waals surface area contributed by atoms with Gasteiger partial charge < -0.3 is 20.1 Å². The summed E-state index contributed by atoms with van der Waals surface area (Å²) in [4.78, 5) is 14.3. The van der Waals surface area contributed by atoms with Gasteiger partial charge in [0.2, 0.25) is 0 Å². The molecule has 1 unspecified atom stereocenters. The van der Waals surface area contributed by atoms with Gasteiger partial charge >= 0.3 is 0 Å². The first-order valence-electron chi connectivity index (χ1n) is 8.23. The topological polar surface area (TPSA) is 64.8 Å². The average molecular weight is 412 g/mol. The van der Waals surface area contributed by atoms with E-state index in [9.17, 15) is 4.79 Å². The molecule has 1 amide bonds. The van der Waals surface area contributed by atoms with Crippen LogP contribution in [0.1, 0.15) is 26.2 Å². The van der Waals surface area contributed by atoms with Gasteiger partial charge in [-0.15, -0.1) is 12.4 Å². The molecule has 5 nitrogen and oxygen atoms in total. The van der Waals surface area contributed by atoms with Crippen LogP contribution in [-0.4, -0.2) is 49.3 Å². The summed E-state index contributed by atoms with van der Waals surface area (Å²) in [6, 6.07) is 4.92. The van der Waals surface area contributed by atoms with Crippen molar-refractivity contribution in [2.24, 2.45) is 5.73 Å². The number of rotatable bonds is 7. The summed E-state index contributed by atoms with van der Waals surface area (Å²) in [6.45, 7) is 4.41. The molecule has 0 aliphatic carbocycles. The number of likely N-dealkylation sites (tertiary alicyclic amines) is 1. The third kappa shape index (κ3) is 7.19. The third-order valence-corrected chi connectivity index (χ3v) is 4.39. The highest BCUT2D eigenvalue weighted by Gasteiger charge is 2.27. The molecule has 0 saturated carbocycles. The smallest absolute Gasteiger partial charge is 0.263 e. The second-order valence-corrected chi connectivity index (χ2v) is 6.78. The summed E-state index contributed by atoms with van der Waals surface area (Å²) in [5.74, 6) is 0.458. The number of hydrogen-bond donors (Lipinski definition) is 1. The Kier molecular flexibility index (Phi) is 9.90. The standard InChI is InChI=1S/C17H24Cl2N2O3.ClH/c1-12(24-16-10-13(18)9-14(19)11-16)17(22)21-6-3-15(4-7-21)23-8-2-5-20;/h9-12,15H,2-8,20H2,1H3;1H. The Morgan fingerprint density at radius 2 is 1.88 bits per heavy atom. The number of hydrogen-bond acceptors (Lipinski definition) is 4. The number of piperidine rings is 1. The summed E-state index contributed by atoms with van der Waals surface area (Å²) < 4.78 is 11.4. The van der Waals surface area contributed by atoms with Crippen molar-refractivity contribution in [2.45, 2.75) is 38.4 Å². The quantitative estimate of drug-likeness (QED) is 0.697. The Hall–Kier alpha value is -0.720. The fraction of sp³-hybridized carbons (Fsp3) is 0.588. The summed E-state index contributed by atoms with van der Waals surface area (Å²) in [7, 11) is 0. The Morgan fingerprint density at radius 1 is 1.28 bits per heavy atom. The average Bonchev–Trinajstić information content (AvgIpc) is 2.54. The summed E-state index contributed by atoms with van der Waals surface area (Å²) >= 11 is 11.9. The predicted octanol–water partition coefficient (Wildman–Crippen LogP) is 3.54. The molecule has 1 aliphatic rings. The summed E-state index contributed by atoms with van der Waals surface area (Å²) in [6.07, 6.45) is 2.17. The van der Waals surface area contributed by atoms with Gasteiger partial charge in [0.15, 0.2) is 6.10 Å². The molecule has 2 rings (SSSR count). The molecule has 1 heterocycles. The first kappa shape index (κ1) is 22.3. The molecule has 2 N–H and O–H groups in total. The van der Waals surface area contributed by atoms with Crippen molar-refractivity contribution in [1.82, 2.24) is 4.90 Å². The van der Waals surface area contributed by atoms with Crippen molar-refractivity contribution in [3.8, 4) is 5.75 Å². The molecule has 1 aromatic carbocycles. The zero-order valence-electron chi connectivity index (χ0n) is 14.2. The second kappa shape index (κ2) is 11.1. The normalized spacial score (nSPS) is 16.2. The zero-order chi connectivity index (χ0) is 17.5. The monoisotopic (exact) mass is 410 g/mol. The van der Waals surface area contributed by atoms with E-state index in [1.807, 2.05) is 4.90 Å². The Balaban J connectivity index is 0.00000312. The summed E-state index contributed by atoms with van der Waals surface area (Å²) in [5, 5.41) is 0.959. The fourth-order valence-electron chi connectivity index (χ4n) is 2.68. The van der Waals surface area contributed by atoms with Crippen LogP contribution in [0, 0.1) is 0 Å². The van der Waals surface area contributed by atoms with E-state index in [0.717, 1.165) is 19.3 Å². The predicted molar refractivity (Wildman–Crippen MR) is 103 cm³/mol. The van der Waals surface area contributed by atoms with E-state index in [2.05, 4.69) is 0 Å². The maximum atomic E-state index is 12.5. The van der Waals surface area contributed by atoms with E-state index in [1.165, 1.54) is 0 Å². The second-order valence-electron chi connectivity index (χ2n) is 5.90. The van der Waals surface area contributed by atoms with E-state index in [1.54, 1.807) is 25.1 Å². The molecule has 1 saturated heterocycles. The molecule has 25 heavy (non-hydrogen) atoms. The van der Waals surface area contributed by atoms with Crippen molar-refractivity contribution in [1.29, 1.82) is 0 Å². The zero-order valence-corrected chi connectivity index (χ0v) is 16.6. The minimum atomic E-state index is -0.589. The van der Waals surface area contributed by atoms with Gasteiger partial charge in [0.1, 0.15) is 5.75 Å². The lowest BCUT2D eigenvalue weighted by molar-refractivity contribution is -0.140. The van der Waals surface area contributed by atoms with Crippen molar-refractivity contribution in [3.63, 3.8) is 0 Å². The fourth-order valence-corrected chi connectivity index (χ4v) is 3.19. The lowest BCUT2D eigenvalue weighted by Gasteiger charge is -2.33. The molecule has 1 aromatic rings. The summed E-state index contributed by atoms with van der Waals surface area (Å²) in [5.41, 5.74) is 5.46. The third-order valence-electron chi connectivity index (χ3n) is 3.95. The molecule has 0 aromatic heterocycles. The van der Waals surface area contributed by atoms with Crippen LogP contribution >= 0.6 is 35.6 Å². The molecule has 1 fully saturated rings. The van der Waals surface area contributed by atoms with Gasteiger partial charge in [-0.2, -0.15) is 0 Å². The Bertz CT molecular complexity index is 532. The van der Waals surface area contributed by atoms with Gasteiger partial charge in [-0.05, 0) is 50.9 Å². The van der Waals surface area contributed by atoms with Gasteiger partial charge in [0.05, 0.1) is 6.10 Å². The van der Waals surface area contributed by atoms with E-state index in [0.29, 0.717) is 42.0 Å². The molecule has 1 aliphatic heterocycles. The first-order valence-corrected chi connectivity index (χ1v) is 8.98. The van der Waals surface area contributed by atoms with Crippen LogP contribution in [0.3, 0.4) is 0 Å². The van der Waals surface area contributed by atoms with Crippen molar-refractivity contribution >= 4 is 41.5 Å². The molecular formula is C17H25Cl3N2O3. The van der Waals surface area contributed by atoms with Crippen LogP contribution in [0.2, 0.25) is 10.0 Å². The van der Waals surface area contributed by atoms with Crippen LogP contribution in [0.4, 0.5) is 0 Å². The van der Waals surface area contributed by atoms with Gasteiger partial charge in [0, 0.05) is 29.7 Å². The highest BCUT2D eigenvalue weighted by atomic mass is 35.5. The Labute approximate surface area is 165 Å². The first-order chi connectivity index (χ1) is 11.5. The van der Waals surface area contributed by atoms with Gasteiger partial charge in [-0.3, -0.25) is 4.79 Å². The number of amides is 1. The van der Waals surface area contributed by atoms with Crippen molar-refractivity contribution in [3.05, 3.63) is 28.2 Å². The van der Waals surface area contributed by atoms with Crippen LogP contribution < -0.4 is 10.5 Å². The van der Waals surface area contributed by atoms with E-state index in [-0.39, 0.29) is 24.4 Å². The van der Waals surface area contributed by atoms with E-state index < -0.39 is 6.10 Å². The number of nitrogens with zero attached hydrogens (tertiary/aromatic N) is 1. The SMILES string of the molecule is CC(Oc1cc(Cl)cc(Cl)c1)C(=O)N1CCC(OCCCN)CC1.Cl. The molecule has 8 heteroatoms. The molecular weight excluding hydrogens is 387 g/mol. The molecule has 1 atom stereocenters. The highest BCUT2D eigenvalue weighted by Crippen LogP contribution is 2.25. The number of carbonyl (C=O) groups excluding carboxylic acids is 1. The van der Waals surface area contributed by atoms with E-state index in [4.69, 9.17) is 38.4 Å². The van der Waals surface area contributed by atoms with Crippen LogP contribution in [-0.2, 0) is 9.53 Å². The van der Waals surface area contributed by atoms with Crippen LogP contribution in [0.25, 0.3) is 0 Å². The minimum absolute atomic E-state index is 0. The molecule has 0 spiro atoms. The maximum absolute atomic E-state index is 12.5. The van der Waals surface area contributed by atoms with E-state index >= 15 is 0 Å². The lowest BCUT2D eigenvalue weighted by Crippen LogP contribution is -2.46. The van der Waals surface area contributed by atoms with Gasteiger partial charge in [-0.1, -0.05) is 23.2 Å². The van der Waals surface area contributed by atoms with Crippen molar-refractivity contribution < 1.29 is 14.3 Å². The van der Waals surface area contributed by atoms with Crippen LogP contribution in [0.5, 0.6) is 5.75 Å². The molecule has 0 radical (unpaired) electrons. The maximum Gasteiger partial charge on any atom is 0.263 e. The lowest BCUT2D eigenvalue weighted by atomic mass is 10.1. The van der Waals surface area contributed by atoms with Crippen molar-refractivity contribution in [2.75, 3.05) is 26.2 Å².